The Labute approximate surface area is 133 Å². The lowest BCUT2D eigenvalue weighted by molar-refractivity contribution is -0.144. The quantitative estimate of drug-likeness (QED) is 0.468. The number of nitrogens with zero attached hydrogens (tertiary/aromatic N) is 2. The third kappa shape index (κ3) is 4.43. The smallest absolute Gasteiger partial charge is 0.335 e. The monoisotopic (exact) mass is 320 g/mol. The second-order valence-corrected chi connectivity index (χ2v) is 5.76. The summed E-state index contributed by atoms with van der Waals surface area (Å²) in [5.74, 6) is 0.305. The molecule has 0 N–H and O–H groups in total. The van der Waals surface area contributed by atoms with Crippen molar-refractivity contribution < 1.29 is 14.2 Å². The molecule has 2 rings (SSSR count). The average molecular weight is 321 g/mol. The molecule has 0 radical (unpaired) electrons. The van der Waals surface area contributed by atoms with Crippen molar-refractivity contribution in [1.82, 2.24) is 5.16 Å². The van der Waals surface area contributed by atoms with Crippen molar-refractivity contribution in [2.24, 2.45) is 11.1 Å². The summed E-state index contributed by atoms with van der Waals surface area (Å²) >= 11 is 5.85. The van der Waals surface area contributed by atoms with Gasteiger partial charge in [0, 0.05) is 16.7 Å². The average Bonchev–Trinajstić information content (AvgIpc) is 2.94. The van der Waals surface area contributed by atoms with Gasteiger partial charge >= 0.3 is 5.97 Å². The summed E-state index contributed by atoms with van der Waals surface area (Å²) in [4.78, 5) is 16.3. The second-order valence-electron chi connectivity index (χ2n) is 5.32. The molecule has 0 fully saturated rings. The molecule has 22 heavy (non-hydrogen) atoms. The molecule has 0 saturated carbocycles. The van der Waals surface area contributed by atoms with Crippen molar-refractivity contribution in [2.45, 2.75) is 27.2 Å². The first-order chi connectivity index (χ1) is 10.5. The van der Waals surface area contributed by atoms with Gasteiger partial charge in [0.25, 0.3) is 0 Å². The largest absolute Gasteiger partial charge is 0.354 e. The van der Waals surface area contributed by atoms with Crippen LogP contribution in [0, 0.1) is 5.92 Å². The summed E-state index contributed by atoms with van der Waals surface area (Å²) < 4.78 is 5.22. The third-order valence-electron chi connectivity index (χ3n) is 2.87. The lowest BCUT2D eigenvalue weighted by Gasteiger charge is -2.01. The number of hydrogen-bond donors (Lipinski definition) is 0. The van der Waals surface area contributed by atoms with Gasteiger partial charge in [0.2, 0.25) is 0 Å². The van der Waals surface area contributed by atoms with E-state index in [1.54, 1.807) is 25.1 Å². The van der Waals surface area contributed by atoms with Gasteiger partial charge in [0.1, 0.15) is 11.4 Å². The summed E-state index contributed by atoms with van der Waals surface area (Å²) in [7, 11) is 0. The molecule has 0 aliphatic rings. The van der Waals surface area contributed by atoms with Crippen molar-refractivity contribution in [3.63, 3.8) is 0 Å². The highest BCUT2D eigenvalue weighted by molar-refractivity contribution is 6.30. The zero-order valence-corrected chi connectivity index (χ0v) is 13.4. The van der Waals surface area contributed by atoms with E-state index in [4.69, 9.17) is 21.0 Å². The van der Waals surface area contributed by atoms with Crippen molar-refractivity contribution in [3.05, 3.63) is 41.1 Å². The van der Waals surface area contributed by atoms with Crippen LogP contribution in [-0.4, -0.2) is 16.8 Å². The number of aromatic nitrogens is 1. The predicted molar refractivity (Wildman–Crippen MR) is 84.7 cm³/mol. The molecule has 6 heteroatoms. The molecule has 2 aromatic rings. The van der Waals surface area contributed by atoms with E-state index < -0.39 is 0 Å². The van der Waals surface area contributed by atoms with Crippen molar-refractivity contribution in [2.75, 3.05) is 0 Å². The molecule has 116 valence electrons. The lowest BCUT2D eigenvalue weighted by atomic mass is 10.1. The molecule has 0 spiro atoms. The molecule has 0 aliphatic heterocycles. The second kappa shape index (κ2) is 7.22. The summed E-state index contributed by atoms with van der Waals surface area (Å²) in [6.45, 7) is 5.56. The first-order valence-electron chi connectivity index (χ1n) is 6.93. The van der Waals surface area contributed by atoms with Crippen LogP contribution in [0.1, 0.15) is 33.0 Å². The maximum Gasteiger partial charge on any atom is 0.335 e. The molecule has 1 aromatic carbocycles. The highest BCUT2D eigenvalue weighted by Gasteiger charge is 2.11. The van der Waals surface area contributed by atoms with Gasteiger partial charge in [-0.15, -0.1) is 0 Å². The van der Waals surface area contributed by atoms with Crippen molar-refractivity contribution in [3.8, 4) is 11.3 Å². The van der Waals surface area contributed by atoms with Crippen LogP contribution in [0.5, 0.6) is 0 Å². The molecular formula is C16H17ClN2O3. The summed E-state index contributed by atoms with van der Waals surface area (Å²) in [6.07, 6.45) is 0.323. The predicted octanol–water partition coefficient (Wildman–Crippen LogP) is 4.31. The van der Waals surface area contributed by atoms with E-state index in [0.29, 0.717) is 28.6 Å². The SMILES string of the molecule is CC(=NOC(=O)CC(C)C)c1cc(-c2ccc(Cl)cc2)no1. The highest BCUT2D eigenvalue weighted by atomic mass is 35.5. The fourth-order valence-corrected chi connectivity index (χ4v) is 1.86. The van der Waals surface area contributed by atoms with Crippen LogP contribution in [0.3, 0.4) is 0 Å². The highest BCUT2D eigenvalue weighted by Crippen LogP contribution is 2.21. The maximum absolute atomic E-state index is 11.5. The van der Waals surface area contributed by atoms with Crippen LogP contribution in [0.25, 0.3) is 11.3 Å². The minimum atomic E-state index is -0.369. The number of carbonyl (C=O) groups excluding carboxylic acids is 1. The molecular weight excluding hydrogens is 304 g/mol. The number of halogens is 1. The molecule has 0 unspecified atom stereocenters. The number of benzene rings is 1. The van der Waals surface area contributed by atoms with Crippen molar-refractivity contribution in [1.29, 1.82) is 0 Å². The Morgan fingerprint density at radius 2 is 2.05 bits per heavy atom. The Balaban J connectivity index is 2.07. The Morgan fingerprint density at radius 1 is 1.36 bits per heavy atom. The summed E-state index contributed by atoms with van der Waals surface area (Å²) in [5.41, 5.74) is 1.99. The van der Waals surface area contributed by atoms with Crippen LogP contribution in [0.2, 0.25) is 5.02 Å². The zero-order valence-electron chi connectivity index (χ0n) is 12.7. The van der Waals surface area contributed by atoms with Crippen LogP contribution in [0.15, 0.2) is 40.0 Å². The molecule has 0 aliphatic carbocycles. The van der Waals surface area contributed by atoms with Crippen LogP contribution >= 0.6 is 11.6 Å². The van der Waals surface area contributed by atoms with Crippen LogP contribution < -0.4 is 0 Å². The van der Waals surface area contributed by atoms with Gasteiger partial charge in [-0.1, -0.05) is 47.9 Å². The minimum absolute atomic E-state index is 0.227. The van der Waals surface area contributed by atoms with Gasteiger partial charge in [-0.2, -0.15) is 0 Å². The van der Waals surface area contributed by atoms with E-state index in [9.17, 15) is 4.79 Å². The maximum atomic E-state index is 11.5. The molecule has 0 amide bonds. The van der Waals surface area contributed by atoms with E-state index in [1.807, 2.05) is 26.0 Å². The molecule has 0 saturated heterocycles. The van der Waals surface area contributed by atoms with Gasteiger partial charge < -0.3 is 9.36 Å². The first kappa shape index (κ1) is 16.2. The Kier molecular flexibility index (Phi) is 5.33. The van der Waals surface area contributed by atoms with Gasteiger partial charge in [-0.25, -0.2) is 4.79 Å². The van der Waals surface area contributed by atoms with E-state index >= 15 is 0 Å². The van der Waals surface area contributed by atoms with E-state index in [2.05, 4.69) is 10.3 Å². The Morgan fingerprint density at radius 3 is 2.68 bits per heavy atom. The van der Waals surface area contributed by atoms with Gasteiger partial charge in [0.15, 0.2) is 5.76 Å². The molecule has 1 aromatic heterocycles. The number of carbonyl (C=O) groups is 1. The molecule has 0 bridgehead atoms. The van der Waals surface area contributed by atoms with Crippen LogP contribution in [-0.2, 0) is 9.63 Å². The van der Waals surface area contributed by atoms with E-state index in [1.165, 1.54) is 0 Å². The van der Waals surface area contributed by atoms with Gasteiger partial charge in [-0.05, 0) is 25.0 Å². The Bertz CT molecular complexity index is 675. The first-order valence-corrected chi connectivity index (χ1v) is 7.31. The number of oxime groups is 1. The molecule has 1 heterocycles. The fourth-order valence-electron chi connectivity index (χ4n) is 1.74. The zero-order chi connectivity index (χ0) is 16.1. The number of hydrogen-bond acceptors (Lipinski definition) is 5. The topological polar surface area (TPSA) is 64.7 Å². The van der Waals surface area contributed by atoms with E-state index in [-0.39, 0.29) is 11.9 Å². The normalized spacial score (nSPS) is 11.8. The van der Waals surface area contributed by atoms with Crippen LogP contribution in [0.4, 0.5) is 0 Å². The third-order valence-corrected chi connectivity index (χ3v) is 3.12. The van der Waals surface area contributed by atoms with Crippen molar-refractivity contribution >= 4 is 23.3 Å². The lowest BCUT2D eigenvalue weighted by Crippen LogP contribution is -2.05. The summed E-state index contributed by atoms with van der Waals surface area (Å²) in [5, 5.41) is 8.41. The number of rotatable bonds is 5. The molecule has 0 atom stereocenters. The standard InChI is InChI=1S/C16H17ClN2O3/c1-10(2)8-16(20)22-18-11(3)15-9-14(19-21-15)12-4-6-13(17)7-5-12/h4-7,9-10H,8H2,1-3H3. The molecule has 5 nitrogen and oxygen atoms in total. The Hall–Kier alpha value is -2.14. The summed E-state index contributed by atoms with van der Waals surface area (Å²) in [6, 6.07) is 8.98. The fraction of sp³-hybridized carbons (Fsp3) is 0.312. The minimum Gasteiger partial charge on any atom is -0.354 e. The van der Waals surface area contributed by atoms with Gasteiger partial charge in [-0.3, -0.25) is 0 Å². The van der Waals surface area contributed by atoms with Gasteiger partial charge in [0.05, 0.1) is 6.42 Å². The van der Waals surface area contributed by atoms with E-state index in [0.717, 1.165) is 5.56 Å².